The van der Waals surface area contributed by atoms with E-state index in [0.29, 0.717) is 19.3 Å². The first-order chi connectivity index (χ1) is 38.5. The molecule has 0 aliphatic carbocycles. The maximum atomic E-state index is 12.9. The summed E-state index contributed by atoms with van der Waals surface area (Å²) in [6.45, 7) is 6.56. The Morgan fingerprint density at radius 3 is 0.795 bits per heavy atom. The average molecular weight is 1090 g/mol. The zero-order valence-electron chi connectivity index (χ0n) is 52.2. The largest absolute Gasteiger partial charge is 0.462 e. The molecule has 0 radical (unpaired) electrons. The number of carbonyl (C=O) groups is 3. The summed E-state index contributed by atoms with van der Waals surface area (Å²) in [4.78, 5) is 38.3. The lowest BCUT2D eigenvalue weighted by molar-refractivity contribution is -0.167. The summed E-state index contributed by atoms with van der Waals surface area (Å²) >= 11 is 0. The quantitative estimate of drug-likeness (QED) is 0.0261. The number of allylic oxidation sites excluding steroid dienone is 10. The number of carbonyl (C=O) groups excluding carboxylic acids is 3. The van der Waals surface area contributed by atoms with Gasteiger partial charge in [0, 0.05) is 19.3 Å². The zero-order valence-corrected chi connectivity index (χ0v) is 52.2. The van der Waals surface area contributed by atoms with E-state index >= 15 is 0 Å². The minimum atomic E-state index is -0.774. The second-order valence-electron chi connectivity index (χ2n) is 23.1. The van der Waals surface area contributed by atoms with Crippen LogP contribution in [-0.2, 0) is 28.6 Å². The van der Waals surface area contributed by atoms with Crippen molar-refractivity contribution in [3.63, 3.8) is 0 Å². The number of esters is 3. The molecule has 0 saturated heterocycles. The molecule has 1 unspecified atom stereocenters. The van der Waals surface area contributed by atoms with Crippen molar-refractivity contribution >= 4 is 17.9 Å². The van der Waals surface area contributed by atoms with Gasteiger partial charge in [-0.1, -0.05) is 319 Å². The van der Waals surface area contributed by atoms with Crippen LogP contribution in [0.15, 0.2) is 60.8 Å². The molecule has 0 saturated carbocycles. The monoisotopic (exact) mass is 1090 g/mol. The highest BCUT2D eigenvalue weighted by molar-refractivity contribution is 5.71. The Bertz CT molecular complexity index is 1390. The third-order valence-corrected chi connectivity index (χ3v) is 15.3. The van der Waals surface area contributed by atoms with Gasteiger partial charge in [-0.15, -0.1) is 0 Å². The van der Waals surface area contributed by atoms with Gasteiger partial charge < -0.3 is 14.2 Å². The number of ether oxygens (including phenoxy) is 3. The van der Waals surface area contributed by atoms with E-state index in [4.69, 9.17) is 14.2 Å². The summed E-state index contributed by atoms with van der Waals surface area (Å²) in [5.74, 6) is -0.857. The fourth-order valence-corrected chi connectivity index (χ4v) is 10.1. The van der Waals surface area contributed by atoms with Crippen LogP contribution in [0.5, 0.6) is 0 Å². The van der Waals surface area contributed by atoms with Crippen LogP contribution in [0.1, 0.15) is 361 Å². The van der Waals surface area contributed by atoms with Crippen LogP contribution in [-0.4, -0.2) is 37.2 Å². The van der Waals surface area contributed by atoms with Crippen LogP contribution in [0.3, 0.4) is 0 Å². The minimum absolute atomic E-state index is 0.0710. The molecule has 454 valence electrons. The second-order valence-corrected chi connectivity index (χ2v) is 23.1. The first-order valence-corrected chi connectivity index (χ1v) is 34.3. The van der Waals surface area contributed by atoms with Crippen LogP contribution in [0, 0.1) is 0 Å². The van der Waals surface area contributed by atoms with Crippen LogP contribution < -0.4 is 0 Å². The highest BCUT2D eigenvalue weighted by atomic mass is 16.6. The van der Waals surface area contributed by atoms with Crippen LogP contribution in [0.4, 0.5) is 0 Å². The maximum absolute atomic E-state index is 12.9. The Hall–Kier alpha value is -2.89. The molecule has 0 aliphatic rings. The van der Waals surface area contributed by atoms with Gasteiger partial charge in [-0.3, -0.25) is 14.4 Å². The first kappa shape index (κ1) is 75.1. The van der Waals surface area contributed by atoms with Gasteiger partial charge in [0.15, 0.2) is 6.10 Å². The molecule has 0 N–H and O–H groups in total. The molecular formula is C72H130O6. The molecule has 0 aromatic carbocycles. The van der Waals surface area contributed by atoms with Gasteiger partial charge >= 0.3 is 17.9 Å². The third kappa shape index (κ3) is 63.9. The van der Waals surface area contributed by atoms with Crippen molar-refractivity contribution in [2.45, 2.75) is 367 Å². The lowest BCUT2D eigenvalue weighted by atomic mass is 10.0. The fraction of sp³-hybridized carbons (Fsp3) is 0.819. The summed E-state index contributed by atoms with van der Waals surface area (Å²) in [6, 6.07) is 0. The molecule has 0 heterocycles. The van der Waals surface area contributed by atoms with E-state index in [1.165, 1.54) is 231 Å². The molecular weight excluding hydrogens is 961 g/mol. The molecule has 0 bridgehead atoms. The van der Waals surface area contributed by atoms with Crippen LogP contribution in [0.25, 0.3) is 0 Å². The standard InChI is InChI=1S/C72H130O6/c1-4-7-10-13-16-19-22-25-27-28-29-30-31-32-33-34-35-36-37-38-39-40-41-42-43-44-45-48-50-53-56-59-62-65-71(74)77-68-69(67-76-70(73)64-61-58-55-52-49-46-24-21-18-15-12-9-6-3)78-72(75)66-63-60-57-54-51-47-26-23-20-17-14-11-8-5-2/h7,10,16,19,23,25-27,29-30,69H,4-6,8-9,11-15,17-18,20-22,24,28,31-68H2,1-3H3/b10-7-,19-16-,26-23-,27-25-,30-29-. The van der Waals surface area contributed by atoms with E-state index in [2.05, 4.69) is 81.5 Å². The van der Waals surface area contributed by atoms with Crippen molar-refractivity contribution < 1.29 is 28.6 Å². The van der Waals surface area contributed by atoms with E-state index in [9.17, 15) is 14.4 Å². The maximum Gasteiger partial charge on any atom is 0.306 e. The Kier molecular flexibility index (Phi) is 64.2. The molecule has 6 heteroatoms. The summed E-state index contributed by atoms with van der Waals surface area (Å²) in [5, 5.41) is 0. The normalized spacial score (nSPS) is 12.4. The van der Waals surface area contributed by atoms with E-state index in [-0.39, 0.29) is 31.1 Å². The Labute approximate surface area is 485 Å². The summed E-state index contributed by atoms with van der Waals surface area (Å²) in [7, 11) is 0. The SMILES string of the molecule is CC/C=C\C/C=C\C/C=C\C/C=C\CCCCCCCCCCCCCCCCCCCCCCC(=O)OCC(COC(=O)CCCCCCCCCCCCCCC)OC(=O)CCCCCCC/C=C\CCCCCCC. The molecule has 78 heavy (non-hydrogen) atoms. The summed E-state index contributed by atoms with van der Waals surface area (Å²) in [6.07, 6.45) is 85.4. The van der Waals surface area contributed by atoms with Crippen LogP contribution >= 0.6 is 0 Å². The predicted molar refractivity (Wildman–Crippen MR) is 339 cm³/mol. The van der Waals surface area contributed by atoms with E-state index < -0.39 is 6.10 Å². The van der Waals surface area contributed by atoms with E-state index in [1.54, 1.807) is 0 Å². The number of hydrogen-bond acceptors (Lipinski definition) is 6. The molecule has 0 rings (SSSR count). The molecule has 0 aromatic rings. The highest BCUT2D eigenvalue weighted by Gasteiger charge is 2.19. The van der Waals surface area contributed by atoms with Gasteiger partial charge in [0.2, 0.25) is 0 Å². The summed E-state index contributed by atoms with van der Waals surface area (Å²) < 4.78 is 16.9. The number of rotatable bonds is 63. The minimum Gasteiger partial charge on any atom is -0.462 e. The molecule has 0 aliphatic heterocycles. The van der Waals surface area contributed by atoms with E-state index in [0.717, 1.165) is 89.9 Å². The van der Waals surface area contributed by atoms with Gasteiger partial charge in [0.1, 0.15) is 13.2 Å². The van der Waals surface area contributed by atoms with Gasteiger partial charge in [-0.05, 0) is 83.5 Å². The predicted octanol–water partition coefficient (Wildman–Crippen LogP) is 23.5. The molecule has 0 aromatic heterocycles. The van der Waals surface area contributed by atoms with Crippen molar-refractivity contribution in [2.24, 2.45) is 0 Å². The van der Waals surface area contributed by atoms with Gasteiger partial charge in [-0.25, -0.2) is 0 Å². The van der Waals surface area contributed by atoms with Gasteiger partial charge in [0.25, 0.3) is 0 Å². The second kappa shape index (κ2) is 66.6. The molecule has 0 spiro atoms. The fourth-order valence-electron chi connectivity index (χ4n) is 10.1. The van der Waals surface area contributed by atoms with Crippen molar-refractivity contribution in [3.8, 4) is 0 Å². The number of unbranched alkanes of at least 4 members (excludes halogenated alkanes) is 42. The van der Waals surface area contributed by atoms with E-state index in [1.807, 2.05) is 0 Å². The molecule has 6 nitrogen and oxygen atoms in total. The zero-order chi connectivity index (χ0) is 56.4. The van der Waals surface area contributed by atoms with Crippen molar-refractivity contribution in [1.82, 2.24) is 0 Å². The van der Waals surface area contributed by atoms with Crippen molar-refractivity contribution in [2.75, 3.05) is 13.2 Å². The first-order valence-electron chi connectivity index (χ1n) is 34.3. The van der Waals surface area contributed by atoms with Crippen molar-refractivity contribution in [3.05, 3.63) is 60.8 Å². The molecule has 1 atom stereocenters. The lowest BCUT2D eigenvalue weighted by Crippen LogP contribution is -2.30. The Morgan fingerprint density at radius 2 is 0.500 bits per heavy atom. The topological polar surface area (TPSA) is 78.9 Å². The molecule has 0 amide bonds. The van der Waals surface area contributed by atoms with Crippen molar-refractivity contribution in [1.29, 1.82) is 0 Å². The molecule has 0 fully saturated rings. The summed E-state index contributed by atoms with van der Waals surface area (Å²) in [5.41, 5.74) is 0. The van der Waals surface area contributed by atoms with Gasteiger partial charge in [0.05, 0.1) is 0 Å². The smallest absolute Gasteiger partial charge is 0.306 e. The Morgan fingerprint density at radius 1 is 0.269 bits per heavy atom. The number of hydrogen-bond donors (Lipinski definition) is 0. The third-order valence-electron chi connectivity index (χ3n) is 15.3. The van der Waals surface area contributed by atoms with Crippen LogP contribution in [0.2, 0.25) is 0 Å². The van der Waals surface area contributed by atoms with Gasteiger partial charge in [-0.2, -0.15) is 0 Å². The highest BCUT2D eigenvalue weighted by Crippen LogP contribution is 2.18. The lowest BCUT2D eigenvalue weighted by Gasteiger charge is -2.18. The average Bonchev–Trinajstić information content (AvgIpc) is 3.44. The Balaban J connectivity index is 4.09.